The molecule has 0 unspecified atom stereocenters. The smallest absolute Gasteiger partial charge is 0.315 e. The lowest BCUT2D eigenvalue weighted by molar-refractivity contribution is -0.120. The molecule has 0 heterocycles. The van der Waals surface area contributed by atoms with Crippen molar-refractivity contribution in [1.82, 2.24) is 16.0 Å². The van der Waals surface area contributed by atoms with E-state index in [1.165, 1.54) is 0 Å². The molecule has 5 heteroatoms. The van der Waals surface area contributed by atoms with Gasteiger partial charge < -0.3 is 16.0 Å². The molecular formula is C14H19N3O2. The number of carbonyl (C=O) groups is 2. The van der Waals surface area contributed by atoms with Gasteiger partial charge in [-0.25, -0.2) is 4.79 Å². The van der Waals surface area contributed by atoms with Gasteiger partial charge >= 0.3 is 6.03 Å². The molecule has 0 aliphatic heterocycles. The maximum absolute atomic E-state index is 11.6. The number of hydrogen-bond donors (Lipinski definition) is 3. The van der Waals surface area contributed by atoms with E-state index < -0.39 is 0 Å². The van der Waals surface area contributed by atoms with Gasteiger partial charge in [-0.2, -0.15) is 0 Å². The monoisotopic (exact) mass is 261 g/mol. The van der Waals surface area contributed by atoms with Gasteiger partial charge in [0.2, 0.25) is 5.91 Å². The van der Waals surface area contributed by atoms with E-state index in [0.717, 1.165) is 5.56 Å². The molecule has 1 rings (SSSR count). The lowest BCUT2D eigenvalue weighted by Crippen LogP contribution is -2.40. The fraction of sp³-hybridized carbons (Fsp3) is 0.286. The van der Waals surface area contributed by atoms with Crippen molar-refractivity contribution in [2.24, 2.45) is 0 Å². The number of rotatable bonds is 7. The van der Waals surface area contributed by atoms with Gasteiger partial charge in [0.05, 0.1) is 6.42 Å². The summed E-state index contributed by atoms with van der Waals surface area (Å²) < 4.78 is 0. The van der Waals surface area contributed by atoms with Crippen molar-refractivity contribution in [3.63, 3.8) is 0 Å². The number of hydrogen-bond acceptors (Lipinski definition) is 2. The molecular weight excluding hydrogens is 242 g/mol. The third-order valence-electron chi connectivity index (χ3n) is 2.35. The Bertz CT molecular complexity index is 418. The van der Waals surface area contributed by atoms with E-state index in [1.54, 1.807) is 6.08 Å². The Morgan fingerprint density at radius 2 is 1.74 bits per heavy atom. The second-order valence-corrected chi connectivity index (χ2v) is 3.94. The van der Waals surface area contributed by atoms with Crippen LogP contribution >= 0.6 is 0 Å². The first kappa shape index (κ1) is 14.8. The first-order chi connectivity index (χ1) is 9.22. The summed E-state index contributed by atoms with van der Waals surface area (Å²) in [5, 5.41) is 7.94. The van der Waals surface area contributed by atoms with Gasteiger partial charge in [-0.3, -0.25) is 4.79 Å². The molecule has 5 nitrogen and oxygen atoms in total. The van der Waals surface area contributed by atoms with Crippen LogP contribution in [0.2, 0.25) is 0 Å². The van der Waals surface area contributed by atoms with Crippen LogP contribution < -0.4 is 16.0 Å². The standard InChI is InChI=1S/C14H19N3O2/c1-2-8-16-14(19)17-10-9-15-13(18)11-12-6-4-3-5-7-12/h2-7H,1,8-11H2,(H,15,18)(H2,16,17,19). The van der Waals surface area contributed by atoms with Crippen molar-refractivity contribution >= 4 is 11.9 Å². The largest absolute Gasteiger partial charge is 0.354 e. The molecule has 3 amide bonds. The van der Waals surface area contributed by atoms with Crippen LogP contribution in [-0.2, 0) is 11.2 Å². The van der Waals surface area contributed by atoms with Crippen LogP contribution in [0.1, 0.15) is 5.56 Å². The Balaban J connectivity index is 2.11. The minimum Gasteiger partial charge on any atom is -0.354 e. The summed E-state index contributed by atoms with van der Waals surface area (Å²) in [4.78, 5) is 22.7. The topological polar surface area (TPSA) is 70.2 Å². The van der Waals surface area contributed by atoms with E-state index in [-0.39, 0.29) is 11.9 Å². The molecule has 0 aliphatic rings. The van der Waals surface area contributed by atoms with Crippen molar-refractivity contribution in [2.45, 2.75) is 6.42 Å². The minimum absolute atomic E-state index is 0.0560. The SMILES string of the molecule is C=CCNC(=O)NCCNC(=O)Cc1ccccc1. The molecule has 1 aromatic carbocycles. The summed E-state index contributed by atoms with van der Waals surface area (Å²) in [6, 6.07) is 9.24. The number of benzene rings is 1. The lowest BCUT2D eigenvalue weighted by Gasteiger charge is -2.07. The molecule has 102 valence electrons. The summed E-state index contributed by atoms with van der Waals surface area (Å²) in [5.74, 6) is -0.0560. The zero-order valence-corrected chi connectivity index (χ0v) is 10.8. The average Bonchev–Trinajstić information content (AvgIpc) is 2.42. The van der Waals surface area contributed by atoms with Crippen molar-refractivity contribution in [2.75, 3.05) is 19.6 Å². The Morgan fingerprint density at radius 3 is 2.42 bits per heavy atom. The Morgan fingerprint density at radius 1 is 1.05 bits per heavy atom. The van der Waals surface area contributed by atoms with E-state index in [1.807, 2.05) is 30.3 Å². The van der Waals surface area contributed by atoms with Crippen LogP contribution in [0.3, 0.4) is 0 Å². The Labute approximate surface area is 113 Å². The second kappa shape index (κ2) is 8.74. The molecule has 1 aromatic rings. The maximum atomic E-state index is 11.6. The van der Waals surface area contributed by atoms with E-state index in [4.69, 9.17) is 0 Å². The van der Waals surface area contributed by atoms with Gasteiger partial charge in [-0.05, 0) is 5.56 Å². The van der Waals surface area contributed by atoms with E-state index in [2.05, 4.69) is 22.5 Å². The summed E-state index contributed by atoms with van der Waals surface area (Å²) in [6.45, 7) is 4.72. The van der Waals surface area contributed by atoms with Gasteiger partial charge in [-0.1, -0.05) is 36.4 Å². The molecule has 0 bridgehead atoms. The van der Waals surface area contributed by atoms with Gasteiger partial charge in [0.15, 0.2) is 0 Å². The van der Waals surface area contributed by atoms with E-state index in [0.29, 0.717) is 26.1 Å². The molecule has 3 N–H and O–H groups in total. The molecule has 0 saturated carbocycles. The molecule has 0 radical (unpaired) electrons. The Hall–Kier alpha value is -2.30. The van der Waals surface area contributed by atoms with E-state index in [9.17, 15) is 9.59 Å². The predicted octanol–water partition coefficient (Wildman–Crippen LogP) is 0.831. The fourth-order valence-corrected chi connectivity index (χ4v) is 1.45. The van der Waals surface area contributed by atoms with Crippen molar-refractivity contribution in [3.8, 4) is 0 Å². The summed E-state index contributed by atoms with van der Waals surface area (Å²) in [7, 11) is 0. The zero-order chi connectivity index (χ0) is 13.9. The average molecular weight is 261 g/mol. The van der Waals surface area contributed by atoms with Gasteiger partial charge in [0.25, 0.3) is 0 Å². The fourth-order valence-electron chi connectivity index (χ4n) is 1.45. The maximum Gasteiger partial charge on any atom is 0.315 e. The molecule has 0 saturated heterocycles. The van der Waals surface area contributed by atoms with Crippen LogP contribution in [0.15, 0.2) is 43.0 Å². The molecule has 0 aromatic heterocycles. The Kier molecular flexibility index (Phi) is 6.79. The predicted molar refractivity (Wildman–Crippen MR) is 74.8 cm³/mol. The van der Waals surface area contributed by atoms with Crippen molar-refractivity contribution in [1.29, 1.82) is 0 Å². The first-order valence-electron chi connectivity index (χ1n) is 6.15. The molecule has 0 fully saturated rings. The molecule has 0 spiro atoms. The zero-order valence-electron chi connectivity index (χ0n) is 10.8. The van der Waals surface area contributed by atoms with Crippen LogP contribution in [0.25, 0.3) is 0 Å². The van der Waals surface area contributed by atoms with Crippen molar-refractivity contribution in [3.05, 3.63) is 48.6 Å². The lowest BCUT2D eigenvalue weighted by atomic mass is 10.1. The third kappa shape index (κ3) is 6.88. The van der Waals surface area contributed by atoms with E-state index >= 15 is 0 Å². The van der Waals surface area contributed by atoms with Crippen LogP contribution in [0.5, 0.6) is 0 Å². The highest BCUT2D eigenvalue weighted by Gasteiger charge is 2.02. The summed E-state index contributed by atoms with van der Waals surface area (Å²) in [5.41, 5.74) is 0.969. The number of nitrogens with one attached hydrogen (secondary N) is 3. The highest BCUT2D eigenvalue weighted by Crippen LogP contribution is 1.98. The first-order valence-corrected chi connectivity index (χ1v) is 6.15. The van der Waals surface area contributed by atoms with Gasteiger partial charge in [0, 0.05) is 19.6 Å². The van der Waals surface area contributed by atoms with Gasteiger partial charge in [-0.15, -0.1) is 6.58 Å². The highest BCUT2D eigenvalue weighted by molar-refractivity contribution is 5.78. The quantitative estimate of drug-likeness (QED) is 0.502. The van der Waals surface area contributed by atoms with Crippen LogP contribution in [0.4, 0.5) is 4.79 Å². The normalized spacial score (nSPS) is 9.47. The van der Waals surface area contributed by atoms with Crippen LogP contribution in [-0.4, -0.2) is 31.6 Å². The highest BCUT2D eigenvalue weighted by atomic mass is 16.2. The minimum atomic E-state index is -0.266. The number of urea groups is 1. The van der Waals surface area contributed by atoms with Crippen molar-refractivity contribution < 1.29 is 9.59 Å². The molecule has 19 heavy (non-hydrogen) atoms. The van der Waals surface area contributed by atoms with Crippen LogP contribution in [0, 0.1) is 0 Å². The molecule has 0 atom stereocenters. The third-order valence-corrected chi connectivity index (χ3v) is 2.35. The summed E-state index contributed by atoms with van der Waals surface area (Å²) >= 11 is 0. The number of carbonyl (C=O) groups excluding carboxylic acids is 2. The second-order valence-electron chi connectivity index (χ2n) is 3.94. The molecule has 0 aliphatic carbocycles. The van der Waals surface area contributed by atoms with Gasteiger partial charge in [0.1, 0.15) is 0 Å². The summed E-state index contributed by atoms with van der Waals surface area (Å²) in [6.07, 6.45) is 1.95. The number of amides is 3.